The zero-order valence-electron chi connectivity index (χ0n) is 10.9. The fourth-order valence-corrected chi connectivity index (χ4v) is 2.12. The Morgan fingerprint density at radius 1 is 1.06 bits per heavy atom. The Bertz CT molecular complexity index is 160. The average Bonchev–Trinajstić information content (AvgIpc) is 2.29. The Kier molecular flexibility index (Phi) is 13.4. The molecule has 0 unspecified atom stereocenters. The minimum Gasteiger partial charge on any atom is -0.365 e. The van der Waals surface area contributed by atoms with Gasteiger partial charge in [0.25, 0.3) is 0 Å². The van der Waals surface area contributed by atoms with E-state index in [1.165, 1.54) is 30.9 Å². The number of nitrogens with one attached hydrogen (secondary N) is 1. The fourth-order valence-electron chi connectivity index (χ4n) is 1.22. The Hall–Kier alpha value is 0.170. The number of hydrogen-bond donors (Lipinski definition) is 1. The highest BCUT2D eigenvalue weighted by atomic mass is 32.2. The molecule has 4 heteroatoms. The van der Waals surface area contributed by atoms with E-state index < -0.39 is 0 Å². The van der Waals surface area contributed by atoms with Crippen molar-refractivity contribution in [1.29, 1.82) is 0 Å². The normalized spacial score (nSPS) is 11.8. The quantitative estimate of drug-likeness (QED) is 0.279. The molecule has 0 radical (unpaired) electrons. The first-order valence-electron chi connectivity index (χ1n) is 6.27. The number of thioether (sulfide) groups is 2. The lowest BCUT2D eigenvalue weighted by atomic mass is 10.2. The predicted molar refractivity (Wildman–Crippen MR) is 80.7 cm³/mol. The molecule has 0 bridgehead atoms. The maximum atomic E-state index is 4.61. The SMILES string of the molecule is CCCCCC(=NCSCC)NCSCC. The van der Waals surface area contributed by atoms with Crippen LogP contribution < -0.4 is 5.32 Å². The molecule has 0 spiro atoms. The number of hydrogen-bond acceptors (Lipinski definition) is 3. The Morgan fingerprint density at radius 3 is 2.44 bits per heavy atom. The average molecular weight is 262 g/mol. The summed E-state index contributed by atoms with van der Waals surface area (Å²) in [5.41, 5.74) is 0. The molecule has 0 aliphatic heterocycles. The highest BCUT2D eigenvalue weighted by molar-refractivity contribution is 7.99. The van der Waals surface area contributed by atoms with Gasteiger partial charge >= 0.3 is 0 Å². The van der Waals surface area contributed by atoms with Gasteiger partial charge in [0, 0.05) is 6.42 Å². The lowest BCUT2D eigenvalue weighted by Crippen LogP contribution is -2.23. The number of rotatable bonds is 10. The van der Waals surface area contributed by atoms with Crippen molar-refractivity contribution in [2.45, 2.75) is 46.5 Å². The standard InChI is InChI=1S/C12H26N2S2/c1-4-7-8-9-12(13-10-15-5-2)14-11-16-6-3/h4-11H2,1-3H3,(H,13,14). The highest BCUT2D eigenvalue weighted by Gasteiger charge is 1.98. The molecule has 16 heavy (non-hydrogen) atoms. The Labute approximate surface area is 109 Å². The summed E-state index contributed by atoms with van der Waals surface area (Å²) in [6.45, 7) is 6.61. The summed E-state index contributed by atoms with van der Waals surface area (Å²) in [5.74, 6) is 5.42. The van der Waals surface area contributed by atoms with Crippen molar-refractivity contribution in [2.24, 2.45) is 4.99 Å². The van der Waals surface area contributed by atoms with Crippen LogP contribution in [-0.2, 0) is 0 Å². The van der Waals surface area contributed by atoms with Crippen molar-refractivity contribution >= 4 is 29.4 Å². The molecule has 96 valence electrons. The van der Waals surface area contributed by atoms with E-state index in [9.17, 15) is 0 Å². The minimum atomic E-state index is 0.905. The molecule has 0 rings (SSSR count). The van der Waals surface area contributed by atoms with Gasteiger partial charge in [-0.25, -0.2) is 0 Å². The van der Waals surface area contributed by atoms with Crippen LogP contribution in [0.1, 0.15) is 46.5 Å². The van der Waals surface area contributed by atoms with Crippen LogP contribution in [-0.4, -0.2) is 29.1 Å². The third-order valence-electron chi connectivity index (χ3n) is 2.15. The van der Waals surface area contributed by atoms with Crippen molar-refractivity contribution in [3.63, 3.8) is 0 Å². The monoisotopic (exact) mass is 262 g/mol. The molecule has 0 aromatic rings. The zero-order valence-corrected chi connectivity index (χ0v) is 12.6. The van der Waals surface area contributed by atoms with Crippen molar-refractivity contribution < 1.29 is 0 Å². The summed E-state index contributed by atoms with van der Waals surface area (Å²) in [6, 6.07) is 0. The van der Waals surface area contributed by atoms with E-state index in [1.54, 1.807) is 0 Å². The molecule has 0 atom stereocenters. The van der Waals surface area contributed by atoms with E-state index in [2.05, 4.69) is 31.1 Å². The van der Waals surface area contributed by atoms with Crippen molar-refractivity contribution in [3.05, 3.63) is 0 Å². The van der Waals surface area contributed by atoms with Gasteiger partial charge in [0.05, 0.1) is 17.6 Å². The van der Waals surface area contributed by atoms with Crippen molar-refractivity contribution in [1.82, 2.24) is 5.32 Å². The first-order valence-corrected chi connectivity index (χ1v) is 8.58. The fraction of sp³-hybridized carbons (Fsp3) is 0.917. The van der Waals surface area contributed by atoms with E-state index >= 15 is 0 Å². The topological polar surface area (TPSA) is 24.4 Å². The van der Waals surface area contributed by atoms with Crippen LogP contribution in [0, 0.1) is 0 Å². The minimum absolute atomic E-state index is 0.905. The van der Waals surface area contributed by atoms with Crippen molar-refractivity contribution in [3.8, 4) is 0 Å². The van der Waals surface area contributed by atoms with Gasteiger partial charge in [-0.2, -0.15) is 0 Å². The summed E-state index contributed by atoms with van der Waals surface area (Å²) >= 11 is 3.80. The molecule has 1 N–H and O–H groups in total. The molecule has 2 nitrogen and oxygen atoms in total. The molecule has 0 aliphatic rings. The second kappa shape index (κ2) is 13.2. The van der Waals surface area contributed by atoms with E-state index in [1.807, 2.05) is 23.5 Å². The molecule has 0 saturated heterocycles. The number of nitrogens with zero attached hydrogens (tertiary/aromatic N) is 1. The van der Waals surface area contributed by atoms with Gasteiger partial charge in [0.15, 0.2) is 0 Å². The van der Waals surface area contributed by atoms with Gasteiger partial charge < -0.3 is 5.32 Å². The van der Waals surface area contributed by atoms with E-state index in [-0.39, 0.29) is 0 Å². The third-order valence-corrected chi connectivity index (χ3v) is 3.63. The predicted octanol–water partition coefficient (Wildman–Crippen LogP) is 3.98. The van der Waals surface area contributed by atoms with E-state index in [0.717, 1.165) is 23.9 Å². The summed E-state index contributed by atoms with van der Waals surface area (Å²) in [6.07, 6.45) is 4.96. The van der Waals surface area contributed by atoms with Crippen LogP contribution in [0.3, 0.4) is 0 Å². The van der Waals surface area contributed by atoms with E-state index in [4.69, 9.17) is 0 Å². The number of unbranched alkanes of at least 4 members (excludes halogenated alkanes) is 2. The third kappa shape index (κ3) is 10.7. The molecule has 0 amide bonds. The molecule has 0 aromatic heterocycles. The summed E-state index contributed by atoms with van der Waals surface area (Å²) < 4.78 is 0. The van der Waals surface area contributed by atoms with Gasteiger partial charge in [-0.3, -0.25) is 4.99 Å². The molecular formula is C12H26N2S2. The van der Waals surface area contributed by atoms with Gasteiger partial charge in [-0.15, -0.1) is 23.5 Å². The van der Waals surface area contributed by atoms with Crippen LogP contribution in [0.4, 0.5) is 0 Å². The van der Waals surface area contributed by atoms with Crippen LogP contribution in [0.15, 0.2) is 4.99 Å². The number of amidine groups is 1. The maximum Gasteiger partial charge on any atom is 0.0979 e. The van der Waals surface area contributed by atoms with Crippen LogP contribution >= 0.6 is 23.5 Å². The summed E-state index contributed by atoms with van der Waals surface area (Å²) in [4.78, 5) is 4.61. The van der Waals surface area contributed by atoms with Crippen LogP contribution in [0.5, 0.6) is 0 Å². The highest BCUT2D eigenvalue weighted by Crippen LogP contribution is 2.04. The first kappa shape index (κ1) is 16.2. The smallest absolute Gasteiger partial charge is 0.0979 e. The van der Waals surface area contributed by atoms with Gasteiger partial charge in [-0.05, 0) is 17.9 Å². The molecular weight excluding hydrogens is 236 g/mol. The van der Waals surface area contributed by atoms with Crippen molar-refractivity contribution in [2.75, 3.05) is 23.3 Å². The maximum absolute atomic E-state index is 4.61. The number of aliphatic imine (C=N–C) groups is 1. The second-order valence-corrected chi connectivity index (χ2v) is 6.02. The lowest BCUT2D eigenvalue weighted by molar-refractivity contribution is 0.732. The first-order chi connectivity index (χ1) is 7.85. The van der Waals surface area contributed by atoms with Gasteiger partial charge in [-0.1, -0.05) is 33.6 Å². The molecule has 0 fully saturated rings. The lowest BCUT2D eigenvalue weighted by Gasteiger charge is -2.09. The Morgan fingerprint density at radius 2 is 1.81 bits per heavy atom. The van der Waals surface area contributed by atoms with Gasteiger partial charge in [0.1, 0.15) is 0 Å². The zero-order chi connectivity index (χ0) is 12.1. The molecule has 0 heterocycles. The molecule has 0 aromatic carbocycles. The summed E-state index contributed by atoms with van der Waals surface area (Å²) in [5, 5.41) is 3.44. The van der Waals surface area contributed by atoms with Crippen LogP contribution in [0.25, 0.3) is 0 Å². The largest absolute Gasteiger partial charge is 0.365 e. The Balaban J connectivity index is 3.79. The molecule has 0 aliphatic carbocycles. The van der Waals surface area contributed by atoms with Crippen LogP contribution in [0.2, 0.25) is 0 Å². The van der Waals surface area contributed by atoms with Gasteiger partial charge in [0.2, 0.25) is 0 Å². The summed E-state index contributed by atoms with van der Waals surface area (Å²) in [7, 11) is 0. The molecule has 0 saturated carbocycles. The second-order valence-electron chi connectivity index (χ2n) is 3.50. The van der Waals surface area contributed by atoms with E-state index in [0.29, 0.717) is 0 Å².